The zero-order chi connectivity index (χ0) is 10.3. The van der Waals surface area contributed by atoms with E-state index in [1.54, 1.807) is 5.56 Å². The van der Waals surface area contributed by atoms with E-state index in [1.165, 1.54) is 37.9 Å². The molecular formula is C14H19N. The van der Waals surface area contributed by atoms with Gasteiger partial charge in [0.25, 0.3) is 0 Å². The number of rotatable bonds is 1. The van der Waals surface area contributed by atoms with Gasteiger partial charge in [-0.05, 0) is 56.2 Å². The Kier molecular flexibility index (Phi) is 2.10. The van der Waals surface area contributed by atoms with E-state index >= 15 is 0 Å². The highest BCUT2D eigenvalue weighted by Crippen LogP contribution is 2.64. The van der Waals surface area contributed by atoms with Gasteiger partial charge in [0.15, 0.2) is 0 Å². The lowest BCUT2D eigenvalue weighted by Gasteiger charge is -2.23. The van der Waals surface area contributed by atoms with Crippen LogP contribution in [0.4, 0.5) is 0 Å². The fourth-order valence-corrected chi connectivity index (χ4v) is 3.18. The standard InChI is InChI=1S/C14H19N/c1-11-3-2-4-12(9-11)13-10-14(13)5-7-15-8-6-14/h2-4,9,13,15H,5-8,10H2,1H3. The lowest BCUT2D eigenvalue weighted by Crippen LogP contribution is -2.29. The lowest BCUT2D eigenvalue weighted by molar-refractivity contribution is 0.342. The largest absolute Gasteiger partial charge is 0.317 e. The monoisotopic (exact) mass is 201 g/mol. The van der Waals surface area contributed by atoms with Crippen LogP contribution in [0.2, 0.25) is 0 Å². The average Bonchev–Trinajstić information content (AvgIpc) is 2.93. The number of benzene rings is 1. The van der Waals surface area contributed by atoms with E-state index in [0.717, 1.165) is 5.92 Å². The van der Waals surface area contributed by atoms with Crippen molar-refractivity contribution in [2.24, 2.45) is 5.41 Å². The van der Waals surface area contributed by atoms with Crippen molar-refractivity contribution in [2.45, 2.75) is 32.1 Å². The Hall–Kier alpha value is -0.820. The molecule has 1 aromatic rings. The second kappa shape index (κ2) is 3.34. The summed E-state index contributed by atoms with van der Waals surface area (Å²) in [5, 5.41) is 3.46. The molecular weight excluding hydrogens is 182 g/mol. The summed E-state index contributed by atoms with van der Waals surface area (Å²) in [6.45, 7) is 4.64. The molecule has 1 unspecified atom stereocenters. The maximum atomic E-state index is 3.46. The minimum absolute atomic E-state index is 0.680. The Morgan fingerprint density at radius 2 is 2.07 bits per heavy atom. The third-order valence-electron chi connectivity index (χ3n) is 4.23. The molecule has 80 valence electrons. The van der Waals surface area contributed by atoms with E-state index in [2.05, 4.69) is 36.5 Å². The highest BCUT2D eigenvalue weighted by molar-refractivity contribution is 5.33. The summed E-state index contributed by atoms with van der Waals surface area (Å²) >= 11 is 0. The molecule has 1 saturated heterocycles. The smallest absolute Gasteiger partial charge is 0.00434 e. The van der Waals surface area contributed by atoms with Crippen LogP contribution in [0.1, 0.15) is 36.3 Å². The summed E-state index contributed by atoms with van der Waals surface area (Å²) < 4.78 is 0. The lowest BCUT2D eigenvalue weighted by atomic mass is 9.89. The van der Waals surface area contributed by atoms with Crippen LogP contribution in [-0.2, 0) is 0 Å². The van der Waals surface area contributed by atoms with Crippen molar-refractivity contribution in [2.75, 3.05) is 13.1 Å². The number of nitrogens with one attached hydrogen (secondary N) is 1. The molecule has 1 spiro atoms. The molecule has 1 aliphatic heterocycles. The first-order valence-corrected chi connectivity index (χ1v) is 6.07. The summed E-state index contributed by atoms with van der Waals surface area (Å²) in [4.78, 5) is 0. The summed E-state index contributed by atoms with van der Waals surface area (Å²) in [5.74, 6) is 0.861. The molecule has 0 aromatic heterocycles. The third kappa shape index (κ3) is 1.59. The van der Waals surface area contributed by atoms with Crippen LogP contribution in [0.25, 0.3) is 0 Å². The molecule has 1 aliphatic carbocycles. The van der Waals surface area contributed by atoms with Crippen LogP contribution in [0.5, 0.6) is 0 Å². The predicted molar refractivity (Wildman–Crippen MR) is 63.1 cm³/mol. The van der Waals surface area contributed by atoms with Crippen molar-refractivity contribution in [1.82, 2.24) is 5.32 Å². The first kappa shape index (κ1) is 9.41. The van der Waals surface area contributed by atoms with E-state index in [4.69, 9.17) is 0 Å². The van der Waals surface area contributed by atoms with E-state index in [-0.39, 0.29) is 0 Å². The topological polar surface area (TPSA) is 12.0 Å². The van der Waals surface area contributed by atoms with Gasteiger partial charge in [-0.3, -0.25) is 0 Å². The van der Waals surface area contributed by atoms with E-state index in [1.807, 2.05) is 0 Å². The number of hydrogen-bond acceptors (Lipinski definition) is 1. The van der Waals surface area contributed by atoms with Gasteiger partial charge in [-0.1, -0.05) is 29.8 Å². The van der Waals surface area contributed by atoms with Crippen LogP contribution in [-0.4, -0.2) is 13.1 Å². The zero-order valence-corrected chi connectivity index (χ0v) is 9.42. The molecule has 1 N–H and O–H groups in total. The van der Waals surface area contributed by atoms with Crippen molar-refractivity contribution >= 4 is 0 Å². The number of hydrogen-bond donors (Lipinski definition) is 1. The van der Waals surface area contributed by atoms with Crippen molar-refractivity contribution in [1.29, 1.82) is 0 Å². The minimum atomic E-state index is 0.680. The molecule has 1 atom stereocenters. The van der Waals surface area contributed by atoms with Gasteiger partial charge in [-0.25, -0.2) is 0 Å². The maximum absolute atomic E-state index is 3.46. The van der Waals surface area contributed by atoms with Gasteiger partial charge < -0.3 is 5.32 Å². The molecule has 1 aromatic carbocycles. The zero-order valence-electron chi connectivity index (χ0n) is 9.42. The minimum Gasteiger partial charge on any atom is -0.317 e. The Morgan fingerprint density at radius 3 is 2.80 bits per heavy atom. The molecule has 0 amide bonds. The van der Waals surface area contributed by atoms with Crippen molar-refractivity contribution in [3.8, 4) is 0 Å². The maximum Gasteiger partial charge on any atom is -0.00434 e. The van der Waals surface area contributed by atoms with Crippen LogP contribution in [0.15, 0.2) is 24.3 Å². The van der Waals surface area contributed by atoms with Gasteiger partial charge in [-0.2, -0.15) is 0 Å². The highest BCUT2D eigenvalue weighted by atomic mass is 14.9. The van der Waals surface area contributed by atoms with Crippen molar-refractivity contribution in [3.05, 3.63) is 35.4 Å². The molecule has 2 fully saturated rings. The molecule has 0 radical (unpaired) electrons. The number of aryl methyl sites for hydroxylation is 1. The van der Waals surface area contributed by atoms with Crippen molar-refractivity contribution < 1.29 is 0 Å². The van der Waals surface area contributed by atoms with Gasteiger partial charge in [-0.15, -0.1) is 0 Å². The Balaban J connectivity index is 1.80. The summed E-state index contributed by atoms with van der Waals surface area (Å²) in [6.07, 6.45) is 4.19. The first-order valence-electron chi connectivity index (χ1n) is 6.07. The molecule has 1 nitrogen and oxygen atoms in total. The van der Waals surface area contributed by atoms with Crippen molar-refractivity contribution in [3.63, 3.8) is 0 Å². The fraction of sp³-hybridized carbons (Fsp3) is 0.571. The molecule has 1 heterocycles. The summed E-state index contributed by atoms with van der Waals surface area (Å²) in [7, 11) is 0. The van der Waals surface area contributed by atoms with E-state index < -0.39 is 0 Å². The Morgan fingerprint density at radius 1 is 1.27 bits per heavy atom. The molecule has 1 saturated carbocycles. The Labute approximate surface area is 91.9 Å². The summed E-state index contributed by atoms with van der Waals surface area (Å²) in [5.41, 5.74) is 3.67. The molecule has 2 aliphatic rings. The summed E-state index contributed by atoms with van der Waals surface area (Å²) in [6, 6.07) is 9.09. The predicted octanol–water partition coefficient (Wildman–Crippen LogP) is 2.85. The normalized spacial score (nSPS) is 27.9. The fourth-order valence-electron chi connectivity index (χ4n) is 3.18. The second-order valence-electron chi connectivity index (χ2n) is 5.28. The van der Waals surface area contributed by atoms with E-state index in [9.17, 15) is 0 Å². The Bertz CT molecular complexity index is 363. The molecule has 3 rings (SSSR count). The van der Waals surface area contributed by atoms with Crippen LogP contribution < -0.4 is 5.32 Å². The average molecular weight is 201 g/mol. The SMILES string of the molecule is Cc1cccc(C2CC23CCNCC3)c1. The van der Waals surface area contributed by atoms with Crippen LogP contribution in [0, 0.1) is 12.3 Å². The first-order chi connectivity index (χ1) is 7.30. The molecule has 0 bridgehead atoms. The van der Waals surface area contributed by atoms with Gasteiger partial charge in [0.05, 0.1) is 0 Å². The quantitative estimate of drug-likeness (QED) is 0.736. The van der Waals surface area contributed by atoms with Gasteiger partial charge >= 0.3 is 0 Å². The molecule has 1 heteroatoms. The number of piperidine rings is 1. The van der Waals surface area contributed by atoms with Crippen LogP contribution in [0.3, 0.4) is 0 Å². The highest BCUT2D eigenvalue weighted by Gasteiger charge is 2.54. The molecule has 15 heavy (non-hydrogen) atoms. The van der Waals surface area contributed by atoms with Gasteiger partial charge in [0, 0.05) is 0 Å². The van der Waals surface area contributed by atoms with Gasteiger partial charge in [0.2, 0.25) is 0 Å². The van der Waals surface area contributed by atoms with Crippen LogP contribution >= 0.6 is 0 Å². The van der Waals surface area contributed by atoms with E-state index in [0.29, 0.717) is 5.41 Å². The second-order valence-corrected chi connectivity index (χ2v) is 5.28. The third-order valence-corrected chi connectivity index (χ3v) is 4.23. The van der Waals surface area contributed by atoms with Gasteiger partial charge in [0.1, 0.15) is 0 Å².